The predicted molar refractivity (Wildman–Crippen MR) is 94.9 cm³/mol. The maximum atomic E-state index is 13.2. The van der Waals surface area contributed by atoms with Crippen LogP contribution in [0.25, 0.3) is 10.9 Å². The molecule has 1 amide bonds. The number of rotatable bonds is 4. The largest absolute Gasteiger partial charge is 0.451 e. The van der Waals surface area contributed by atoms with Crippen molar-refractivity contribution >= 4 is 34.3 Å². The van der Waals surface area contributed by atoms with Gasteiger partial charge in [0, 0.05) is 11.1 Å². The van der Waals surface area contributed by atoms with Crippen LogP contribution in [0.5, 0.6) is 0 Å². The summed E-state index contributed by atoms with van der Waals surface area (Å²) in [7, 11) is 0. The Morgan fingerprint density at radius 3 is 2.56 bits per heavy atom. The number of hydrogen-bond acceptors (Lipinski definition) is 4. The van der Waals surface area contributed by atoms with E-state index < -0.39 is 29.0 Å². The van der Waals surface area contributed by atoms with Gasteiger partial charge in [-0.05, 0) is 31.2 Å². The van der Waals surface area contributed by atoms with E-state index in [1.54, 1.807) is 18.2 Å². The van der Waals surface area contributed by atoms with E-state index >= 15 is 0 Å². The standard InChI is InChI=1S/C18H13F4N3OS/c1-10(15(26)23-12-6-4-5-11(19)9-12)27-16-13-7-2-3-8-14(13)24-17(25-16)18(20,21)22/h2-10H,1H3,(H,23,26)/t10-/m0/s1. The number of hydrogen-bond donors (Lipinski definition) is 1. The number of nitrogens with zero attached hydrogens (tertiary/aromatic N) is 2. The number of carbonyl (C=O) groups is 1. The topological polar surface area (TPSA) is 54.9 Å². The monoisotopic (exact) mass is 395 g/mol. The van der Waals surface area contributed by atoms with Crippen molar-refractivity contribution < 1.29 is 22.4 Å². The van der Waals surface area contributed by atoms with E-state index in [-0.39, 0.29) is 16.2 Å². The van der Waals surface area contributed by atoms with E-state index in [4.69, 9.17) is 0 Å². The second-order valence-electron chi connectivity index (χ2n) is 5.63. The molecule has 0 spiro atoms. The molecule has 9 heteroatoms. The molecule has 2 aromatic carbocycles. The first-order valence-corrected chi connectivity index (χ1v) is 8.69. The van der Waals surface area contributed by atoms with Gasteiger partial charge >= 0.3 is 6.18 Å². The normalized spacial score (nSPS) is 12.8. The molecule has 0 bridgehead atoms. The second kappa shape index (κ2) is 7.51. The van der Waals surface area contributed by atoms with Crippen molar-refractivity contribution in [2.24, 2.45) is 0 Å². The number of halogens is 4. The molecule has 3 rings (SSSR count). The zero-order valence-corrected chi connectivity index (χ0v) is 14.7. The molecule has 0 saturated heterocycles. The molecular weight excluding hydrogens is 382 g/mol. The number of nitrogens with one attached hydrogen (secondary N) is 1. The first kappa shape index (κ1) is 19.1. The molecule has 0 saturated carbocycles. The van der Waals surface area contributed by atoms with Crippen molar-refractivity contribution in [3.05, 3.63) is 60.2 Å². The number of alkyl halides is 3. The molecular formula is C18H13F4N3OS. The summed E-state index contributed by atoms with van der Waals surface area (Å²) in [6.45, 7) is 1.53. The molecule has 0 fully saturated rings. The lowest BCUT2D eigenvalue weighted by Gasteiger charge is -2.14. The Hall–Kier alpha value is -2.68. The van der Waals surface area contributed by atoms with Crippen LogP contribution in [0, 0.1) is 5.82 Å². The third-order valence-corrected chi connectivity index (χ3v) is 4.67. The summed E-state index contributed by atoms with van der Waals surface area (Å²) in [4.78, 5) is 19.5. The minimum absolute atomic E-state index is 0.0508. The lowest BCUT2D eigenvalue weighted by Crippen LogP contribution is -2.23. The fraction of sp³-hybridized carbons (Fsp3) is 0.167. The van der Waals surface area contributed by atoms with E-state index in [9.17, 15) is 22.4 Å². The first-order chi connectivity index (χ1) is 12.7. The molecule has 1 aromatic heterocycles. The summed E-state index contributed by atoms with van der Waals surface area (Å²) in [5.74, 6) is -2.26. The van der Waals surface area contributed by atoms with E-state index in [2.05, 4.69) is 15.3 Å². The molecule has 1 heterocycles. The summed E-state index contributed by atoms with van der Waals surface area (Å²) in [5, 5.41) is 2.23. The number of aromatic nitrogens is 2. The van der Waals surface area contributed by atoms with Crippen LogP contribution < -0.4 is 5.32 Å². The maximum Gasteiger partial charge on any atom is 0.451 e. The molecule has 27 heavy (non-hydrogen) atoms. The summed E-state index contributed by atoms with van der Waals surface area (Å²) in [5.41, 5.74) is 0.399. The predicted octanol–water partition coefficient (Wildman–Crippen LogP) is 4.91. The summed E-state index contributed by atoms with van der Waals surface area (Å²) in [6, 6.07) is 11.6. The third-order valence-electron chi connectivity index (χ3n) is 3.57. The van der Waals surface area contributed by atoms with Gasteiger partial charge in [0.05, 0.1) is 10.8 Å². The Labute approximate surface area is 156 Å². The average molecular weight is 395 g/mol. The Morgan fingerprint density at radius 2 is 1.85 bits per heavy atom. The number of thioether (sulfide) groups is 1. The number of carbonyl (C=O) groups excluding carboxylic acids is 1. The van der Waals surface area contributed by atoms with Gasteiger partial charge in [-0.25, -0.2) is 14.4 Å². The molecule has 1 N–H and O–H groups in total. The van der Waals surface area contributed by atoms with Crippen molar-refractivity contribution in [3.63, 3.8) is 0 Å². The summed E-state index contributed by atoms with van der Waals surface area (Å²) < 4.78 is 52.4. The second-order valence-corrected chi connectivity index (χ2v) is 6.96. The molecule has 0 unspecified atom stereocenters. The number of anilines is 1. The minimum atomic E-state index is -4.70. The minimum Gasteiger partial charge on any atom is -0.325 e. The van der Waals surface area contributed by atoms with E-state index in [1.165, 1.54) is 31.2 Å². The van der Waals surface area contributed by atoms with Crippen LogP contribution in [0.2, 0.25) is 0 Å². The zero-order chi connectivity index (χ0) is 19.6. The lowest BCUT2D eigenvalue weighted by molar-refractivity contribution is -0.145. The average Bonchev–Trinajstić information content (AvgIpc) is 2.60. The van der Waals surface area contributed by atoms with Crippen LogP contribution in [0.3, 0.4) is 0 Å². The van der Waals surface area contributed by atoms with E-state index in [0.29, 0.717) is 5.39 Å². The summed E-state index contributed by atoms with van der Waals surface area (Å²) in [6.07, 6.45) is -4.70. The van der Waals surface area contributed by atoms with Gasteiger partial charge in [-0.15, -0.1) is 0 Å². The molecule has 1 atom stereocenters. The highest BCUT2D eigenvalue weighted by Gasteiger charge is 2.35. The van der Waals surface area contributed by atoms with Crippen LogP contribution in [-0.2, 0) is 11.0 Å². The van der Waals surface area contributed by atoms with Gasteiger partial charge in [-0.2, -0.15) is 13.2 Å². The smallest absolute Gasteiger partial charge is 0.325 e. The van der Waals surface area contributed by atoms with Crippen molar-refractivity contribution in [1.82, 2.24) is 9.97 Å². The molecule has 4 nitrogen and oxygen atoms in total. The highest BCUT2D eigenvalue weighted by Crippen LogP contribution is 2.33. The van der Waals surface area contributed by atoms with Crippen molar-refractivity contribution in [2.75, 3.05) is 5.32 Å². The van der Waals surface area contributed by atoms with Crippen molar-refractivity contribution in [2.45, 2.75) is 23.4 Å². The van der Waals surface area contributed by atoms with E-state index in [1.807, 2.05) is 0 Å². The van der Waals surface area contributed by atoms with Crippen LogP contribution in [0.4, 0.5) is 23.2 Å². The fourth-order valence-corrected chi connectivity index (χ4v) is 3.23. The highest BCUT2D eigenvalue weighted by atomic mass is 32.2. The SMILES string of the molecule is C[C@H](Sc1nc(C(F)(F)F)nc2ccccc12)C(=O)Nc1cccc(F)c1. The highest BCUT2D eigenvalue weighted by molar-refractivity contribution is 8.00. The van der Waals surface area contributed by atoms with Crippen molar-refractivity contribution in [3.8, 4) is 0 Å². The first-order valence-electron chi connectivity index (χ1n) is 7.81. The van der Waals surface area contributed by atoms with Gasteiger partial charge in [0.1, 0.15) is 10.8 Å². The Bertz CT molecular complexity index is 994. The van der Waals surface area contributed by atoms with Gasteiger partial charge < -0.3 is 5.32 Å². The molecule has 140 valence electrons. The quantitative estimate of drug-likeness (QED) is 0.388. The molecule has 0 radical (unpaired) electrons. The van der Waals surface area contributed by atoms with Crippen LogP contribution in [0.15, 0.2) is 53.6 Å². The Kier molecular flexibility index (Phi) is 5.31. The maximum absolute atomic E-state index is 13.2. The van der Waals surface area contributed by atoms with Crippen LogP contribution in [0.1, 0.15) is 12.7 Å². The number of benzene rings is 2. The van der Waals surface area contributed by atoms with Crippen molar-refractivity contribution in [1.29, 1.82) is 0 Å². The van der Waals surface area contributed by atoms with Crippen LogP contribution >= 0.6 is 11.8 Å². The number of para-hydroxylation sites is 1. The van der Waals surface area contributed by atoms with Gasteiger partial charge in [0.2, 0.25) is 11.7 Å². The zero-order valence-electron chi connectivity index (χ0n) is 13.9. The van der Waals surface area contributed by atoms with E-state index in [0.717, 1.165) is 17.8 Å². The molecule has 0 aliphatic heterocycles. The molecule has 3 aromatic rings. The fourth-order valence-electron chi connectivity index (χ4n) is 2.30. The van der Waals surface area contributed by atoms with Crippen LogP contribution in [-0.4, -0.2) is 21.1 Å². The lowest BCUT2D eigenvalue weighted by atomic mass is 10.2. The molecule has 0 aliphatic carbocycles. The van der Waals surface area contributed by atoms with Gasteiger partial charge in [-0.1, -0.05) is 36.0 Å². The van der Waals surface area contributed by atoms with Gasteiger partial charge in [0.25, 0.3) is 0 Å². The van der Waals surface area contributed by atoms with Gasteiger partial charge in [-0.3, -0.25) is 4.79 Å². The Morgan fingerprint density at radius 1 is 1.11 bits per heavy atom. The molecule has 0 aliphatic rings. The summed E-state index contributed by atoms with van der Waals surface area (Å²) >= 11 is 0.878. The van der Waals surface area contributed by atoms with Gasteiger partial charge in [0.15, 0.2) is 0 Å². The number of amides is 1. The Balaban J connectivity index is 1.87. The third kappa shape index (κ3) is 4.54. The number of fused-ring (bicyclic) bond motifs is 1.